The second-order valence-corrected chi connectivity index (χ2v) is 7.63. The molecule has 1 fully saturated rings. The van der Waals surface area contributed by atoms with Gasteiger partial charge in [-0.2, -0.15) is 0 Å². The average molecular weight is 427 g/mol. The highest BCUT2D eigenvalue weighted by Gasteiger charge is 2.22. The molecular formula is C20H22N6O3S. The Morgan fingerprint density at radius 1 is 1.13 bits per heavy atom. The first-order valence-electron chi connectivity index (χ1n) is 9.63. The molecule has 0 aliphatic carbocycles. The summed E-state index contributed by atoms with van der Waals surface area (Å²) >= 11 is 1.31. The summed E-state index contributed by atoms with van der Waals surface area (Å²) in [4.78, 5) is 37.2. The first kappa shape index (κ1) is 19.9. The van der Waals surface area contributed by atoms with E-state index in [0.717, 1.165) is 18.9 Å². The van der Waals surface area contributed by atoms with Crippen LogP contribution in [0, 0.1) is 0 Å². The number of hydrogen-bond acceptors (Lipinski definition) is 7. The van der Waals surface area contributed by atoms with E-state index in [2.05, 4.69) is 25.5 Å². The topological polar surface area (TPSA) is 104 Å². The number of anilines is 2. The van der Waals surface area contributed by atoms with Crippen LogP contribution in [0.3, 0.4) is 0 Å². The number of thiazole rings is 1. The van der Waals surface area contributed by atoms with Gasteiger partial charge in [-0.3, -0.25) is 10.1 Å². The van der Waals surface area contributed by atoms with E-state index in [0.29, 0.717) is 36.2 Å². The highest BCUT2D eigenvalue weighted by molar-refractivity contribution is 7.13. The second kappa shape index (κ2) is 9.40. The van der Waals surface area contributed by atoms with Crippen molar-refractivity contribution >= 4 is 34.2 Å². The standard InChI is InChI=1S/C20H22N6O3S/c27-18(22-13-16-4-3-11-29-16)12-15-14-30-19(23-15)24-20(28)26-9-7-25(8-10-26)17-5-1-2-6-21-17/h1-6,11,14H,7-10,12-13H2,(H,22,27)(H,23,24,28). The molecular weight excluding hydrogens is 404 g/mol. The zero-order chi connectivity index (χ0) is 20.8. The molecule has 4 rings (SSSR count). The molecule has 3 aromatic heterocycles. The molecule has 2 N–H and O–H groups in total. The van der Waals surface area contributed by atoms with Crippen molar-refractivity contribution in [1.29, 1.82) is 0 Å². The number of carbonyl (C=O) groups is 2. The van der Waals surface area contributed by atoms with Gasteiger partial charge in [0.1, 0.15) is 11.6 Å². The first-order valence-corrected chi connectivity index (χ1v) is 10.5. The van der Waals surface area contributed by atoms with E-state index in [4.69, 9.17) is 4.42 Å². The van der Waals surface area contributed by atoms with E-state index >= 15 is 0 Å². The van der Waals surface area contributed by atoms with Crippen molar-refractivity contribution in [1.82, 2.24) is 20.2 Å². The van der Waals surface area contributed by atoms with Gasteiger partial charge >= 0.3 is 6.03 Å². The lowest BCUT2D eigenvalue weighted by atomic mass is 10.3. The Labute approximate surface area is 177 Å². The molecule has 3 aromatic rings. The molecule has 1 saturated heterocycles. The lowest BCUT2D eigenvalue weighted by Gasteiger charge is -2.35. The lowest BCUT2D eigenvalue weighted by molar-refractivity contribution is -0.120. The molecule has 3 amide bonds. The van der Waals surface area contributed by atoms with Gasteiger partial charge in [0.15, 0.2) is 5.13 Å². The van der Waals surface area contributed by atoms with Crippen LogP contribution in [0.25, 0.3) is 0 Å². The summed E-state index contributed by atoms with van der Waals surface area (Å²) in [6.45, 7) is 3.00. The van der Waals surface area contributed by atoms with Crippen LogP contribution in [0.15, 0.2) is 52.6 Å². The quantitative estimate of drug-likeness (QED) is 0.627. The van der Waals surface area contributed by atoms with E-state index in [-0.39, 0.29) is 18.4 Å². The van der Waals surface area contributed by atoms with Crippen LogP contribution < -0.4 is 15.5 Å². The Balaban J connectivity index is 1.22. The Hall–Kier alpha value is -3.40. The molecule has 0 saturated carbocycles. The molecule has 0 aromatic carbocycles. The van der Waals surface area contributed by atoms with Crippen LogP contribution in [0.4, 0.5) is 15.7 Å². The maximum absolute atomic E-state index is 12.5. The number of nitrogens with zero attached hydrogens (tertiary/aromatic N) is 4. The molecule has 30 heavy (non-hydrogen) atoms. The van der Waals surface area contributed by atoms with Gasteiger partial charge in [-0.1, -0.05) is 6.07 Å². The highest BCUT2D eigenvalue weighted by atomic mass is 32.1. The monoisotopic (exact) mass is 426 g/mol. The normalized spacial score (nSPS) is 13.9. The smallest absolute Gasteiger partial charge is 0.323 e. The largest absolute Gasteiger partial charge is 0.467 e. The second-order valence-electron chi connectivity index (χ2n) is 6.77. The van der Waals surface area contributed by atoms with Gasteiger partial charge in [-0.25, -0.2) is 14.8 Å². The number of rotatable bonds is 6. The zero-order valence-corrected chi connectivity index (χ0v) is 17.1. The molecule has 0 atom stereocenters. The van der Waals surface area contributed by atoms with Crippen molar-refractivity contribution in [2.75, 3.05) is 36.4 Å². The number of pyridine rings is 1. The van der Waals surface area contributed by atoms with E-state index < -0.39 is 0 Å². The molecule has 0 bridgehead atoms. The number of nitrogens with one attached hydrogen (secondary N) is 2. The minimum absolute atomic E-state index is 0.149. The van der Waals surface area contributed by atoms with E-state index in [1.54, 1.807) is 34.9 Å². The summed E-state index contributed by atoms with van der Waals surface area (Å²) < 4.78 is 5.18. The highest BCUT2D eigenvalue weighted by Crippen LogP contribution is 2.18. The third-order valence-corrected chi connectivity index (χ3v) is 5.49. The van der Waals surface area contributed by atoms with Crippen LogP contribution in [-0.2, 0) is 17.8 Å². The molecule has 1 aliphatic heterocycles. The van der Waals surface area contributed by atoms with Crippen molar-refractivity contribution in [3.63, 3.8) is 0 Å². The summed E-state index contributed by atoms with van der Waals surface area (Å²) in [7, 11) is 0. The van der Waals surface area contributed by atoms with Crippen LogP contribution in [0.2, 0.25) is 0 Å². The summed E-state index contributed by atoms with van der Waals surface area (Å²) in [5.74, 6) is 1.46. The van der Waals surface area contributed by atoms with Crippen molar-refractivity contribution in [2.45, 2.75) is 13.0 Å². The molecule has 0 unspecified atom stereocenters. The zero-order valence-electron chi connectivity index (χ0n) is 16.3. The van der Waals surface area contributed by atoms with Crippen molar-refractivity contribution in [3.05, 3.63) is 59.6 Å². The molecule has 10 heteroatoms. The van der Waals surface area contributed by atoms with Gasteiger partial charge in [0.2, 0.25) is 5.91 Å². The Morgan fingerprint density at radius 2 is 2.00 bits per heavy atom. The Kier molecular flexibility index (Phi) is 6.23. The van der Waals surface area contributed by atoms with Crippen LogP contribution in [0.1, 0.15) is 11.5 Å². The Bertz CT molecular complexity index is 968. The van der Waals surface area contributed by atoms with E-state index in [9.17, 15) is 9.59 Å². The molecule has 0 spiro atoms. The van der Waals surface area contributed by atoms with E-state index in [1.165, 1.54) is 11.3 Å². The summed E-state index contributed by atoms with van der Waals surface area (Å²) in [6.07, 6.45) is 3.48. The number of urea groups is 1. The molecule has 156 valence electrons. The summed E-state index contributed by atoms with van der Waals surface area (Å²) in [6, 6.07) is 9.20. The maximum Gasteiger partial charge on any atom is 0.323 e. The molecule has 4 heterocycles. The summed E-state index contributed by atoms with van der Waals surface area (Å²) in [5, 5.41) is 7.87. The number of carbonyl (C=O) groups excluding carboxylic acids is 2. The fourth-order valence-corrected chi connectivity index (χ4v) is 3.82. The fourth-order valence-electron chi connectivity index (χ4n) is 3.12. The number of aromatic nitrogens is 2. The Morgan fingerprint density at radius 3 is 2.73 bits per heavy atom. The number of hydrogen-bond donors (Lipinski definition) is 2. The molecule has 9 nitrogen and oxygen atoms in total. The van der Waals surface area contributed by atoms with Gasteiger partial charge in [-0.15, -0.1) is 11.3 Å². The van der Waals surface area contributed by atoms with Crippen molar-refractivity contribution in [3.8, 4) is 0 Å². The van der Waals surface area contributed by atoms with Crippen LogP contribution in [0.5, 0.6) is 0 Å². The third kappa shape index (κ3) is 5.15. The number of furan rings is 1. The predicted molar refractivity (Wildman–Crippen MR) is 113 cm³/mol. The fraction of sp³-hybridized carbons (Fsp3) is 0.300. The minimum atomic E-state index is -0.182. The van der Waals surface area contributed by atoms with Gasteiger partial charge in [0.05, 0.1) is 24.9 Å². The average Bonchev–Trinajstić information content (AvgIpc) is 3.45. The van der Waals surface area contributed by atoms with E-state index in [1.807, 2.05) is 18.2 Å². The third-order valence-electron chi connectivity index (χ3n) is 4.69. The first-order chi connectivity index (χ1) is 14.7. The van der Waals surface area contributed by atoms with Crippen molar-refractivity contribution < 1.29 is 14.0 Å². The predicted octanol–water partition coefficient (Wildman–Crippen LogP) is 2.34. The van der Waals surface area contributed by atoms with Crippen molar-refractivity contribution in [2.24, 2.45) is 0 Å². The number of piperazine rings is 1. The minimum Gasteiger partial charge on any atom is -0.467 e. The van der Waals surface area contributed by atoms with Gasteiger partial charge in [0, 0.05) is 37.8 Å². The van der Waals surface area contributed by atoms with Gasteiger partial charge in [-0.05, 0) is 24.3 Å². The number of amides is 3. The van der Waals surface area contributed by atoms with Crippen LogP contribution >= 0.6 is 11.3 Å². The maximum atomic E-state index is 12.5. The van der Waals surface area contributed by atoms with Crippen LogP contribution in [-0.4, -0.2) is 53.0 Å². The molecule has 1 aliphatic rings. The molecule has 0 radical (unpaired) electrons. The lowest BCUT2D eigenvalue weighted by Crippen LogP contribution is -2.50. The summed E-state index contributed by atoms with van der Waals surface area (Å²) in [5.41, 5.74) is 0.618. The van der Waals surface area contributed by atoms with Gasteiger partial charge in [0.25, 0.3) is 0 Å². The SMILES string of the molecule is O=C(Cc1csc(NC(=O)N2CCN(c3ccccn3)CC2)n1)NCc1ccco1. The van der Waals surface area contributed by atoms with Gasteiger partial charge < -0.3 is 19.5 Å².